The van der Waals surface area contributed by atoms with E-state index in [9.17, 15) is 9.59 Å². The highest BCUT2D eigenvalue weighted by molar-refractivity contribution is 6.76. The Kier molecular flexibility index (Phi) is 14.0. The summed E-state index contributed by atoms with van der Waals surface area (Å²) >= 11 is 18.4. The van der Waals surface area contributed by atoms with Gasteiger partial charge < -0.3 is 28.4 Å². The van der Waals surface area contributed by atoms with Gasteiger partial charge in [0.2, 0.25) is 12.2 Å². The fourth-order valence-corrected chi connectivity index (χ4v) is 7.16. The minimum absolute atomic E-state index is 0.0194. The van der Waals surface area contributed by atoms with Crippen LogP contribution < -0.4 is 0 Å². The van der Waals surface area contributed by atoms with E-state index in [1.54, 1.807) is 60.7 Å². The topological polar surface area (TPSA) is 113 Å². The number of hydrogen-bond donors (Lipinski definition) is 1. The molecule has 5 atom stereocenters. The molecule has 0 aromatic heterocycles. The van der Waals surface area contributed by atoms with Crippen molar-refractivity contribution >= 4 is 52.6 Å². The third kappa shape index (κ3) is 10.1. The van der Waals surface area contributed by atoms with Gasteiger partial charge in [-0.3, -0.25) is 5.41 Å². The van der Waals surface area contributed by atoms with Crippen LogP contribution in [0, 0.1) is 5.41 Å². The summed E-state index contributed by atoms with van der Waals surface area (Å²) in [7, 11) is 0. The van der Waals surface area contributed by atoms with Crippen LogP contribution in [0.4, 0.5) is 0 Å². The van der Waals surface area contributed by atoms with Gasteiger partial charge >= 0.3 is 11.9 Å². The van der Waals surface area contributed by atoms with Crippen LogP contribution in [0.25, 0.3) is 0 Å². The molecule has 0 spiro atoms. The summed E-state index contributed by atoms with van der Waals surface area (Å²) in [4.78, 5) is 28.0. The molecule has 7 rings (SSSR count). The molecular formula is C48H40Cl3NO8. The highest BCUT2D eigenvalue weighted by atomic mass is 35.6. The maximum absolute atomic E-state index is 14.1. The molecule has 0 saturated carbocycles. The molecule has 1 N–H and O–H groups in total. The van der Waals surface area contributed by atoms with E-state index in [2.05, 4.69) is 0 Å². The molecule has 9 nitrogen and oxygen atoms in total. The van der Waals surface area contributed by atoms with Crippen molar-refractivity contribution in [2.24, 2.45) is 0 Å². The zero-order valence-electron chi connectivity index (χ0n) is 32.0. The van der Waals surface area contributed by atoms with Crippen molar-refractivity contribution in [2.75, 3.05) is 6.61 Å². The van der Waals surface area contributed by atoms with Crippen LogP contribution in [0.3, 0.4) is 0 Å². The number of alkyl halides is 3. The molecule has 1 aliphatic heterocycles. The summed E-state index contributed by atoms with van der Waals surface area (Å²) in [6.07, 6.45) is -6.98. The first-order valence-electron chi connectivity index (χ1n) is 19.1. The van der Waals surface area contributed by atoms with E-state index >= 15 is 0 Å². The number of rotatable bonds is 14. The molecule has 0 unspecified atom stereocenters. The van der Waals surface area contributed by atoms with Crippen LogP contribution in [0.15, 0.2) is 182 Å². The number of halogens is 3. The van der Waals surface area contributed by atoms with E-state index in [4.69, 9.17) is 68.6 Å². The number of ether oxygens (including phenoxy) is 6. The van der Waals surface area contributed by atoms with Gasteiger partial charge in [0.05, 0.1) is 24.3 Å². The average molecular weight is 865 g/mol. The summed E-state index contributed by atoms with van der Waals surface area (Å²) in [5, 5.41) is 8.60. The fourth-order valence-electron chi connectivity index (χ4n) is 7.02. The Hall–Kier alpha value is -5.52. The van der Waals surface area contributed by atoms with Gasteiger partial charge in [-0.25, -0.2) is 9.59 Å². The van der Waals surface area contributed by atoms with Crippen molar-refractivity contribution in [2.45, 2.75) is 46.7 Å². The van der Waals surface area contributed by atoms with Crippen LogP contribution in [0.5, 0.6) is 0 Å². The van der Waals surface area contributed by atoms with Crippen molar-refractivity contribution in [1.29, 1.82) is 5.41 Å². The molecule has 1 fully saturated rings. The van der Waals surface area contributed by atoms with Gasteiger partial charge in [0, 0.05) is 0 Å². The molecule has 1 aliphatic rings. The number of esters is 2. The molecule has 6 aromatic carbocycles. The first-order chi connectivity index (χ1) is 29.1. The zero-order chi connectivity index (χ0) is 42.0. The molecule has 6 aromatic rings. The molecule has 12 heteroatoms. The highest BCUT2D eigenvalue weighted by Gasteiger charge is 2.54. The van der Waals surface area contributed by atoms with Crippen LogP contribution in [-0.2, 0) is 40.6 Å². The maximum atomic E-state index is 14.1. The number of hydrogen-bond acceptors (Lipinski definition) is 9. The lowest BCUT2D eigenvalue weighted by molar-refractivity contribution is -0.294. The van der Waals surface area contributed by atoms with E-state index in [1.807, 2.05) is 121 Å². The minimum atomic E-state index is -2.33. The van der Waals surface area contributed by atoms with E-state index in [1.165, 1.54) is 0 Å². The second-order valence-corrected chi connectivity index (χ2v) is 16.1. The van der Waals surface area contributed by atoms with Gasteiger partial charge in [-0.1, -0.05) is 193 Å². The summed E-state index contributed by atoms with van der Waals surface area (Å²) in [5.74, 6) is -2.29. The van der Waals surface area contributed by atoms with Gasteiger partial charge in [0.25, 0.3) is 3.79 Å². The van der Waals surface area contributed by atoms with Crippen LogP contribution in [0.1, 0.15) is 43.0 Å². The lowest BCUT2D eigenvalue weighted by atomic mass is 9.80. The third-order valence-electron chi connectivity index (χ3n) is 9.88. The second-order valence-electron chi connectivity index (χ2n) is 13.8. The van der Waals surface area contributed by atoms with Crippen molar-refractivity contribution in [1.82, 2.24) is 0 Å². The molecule has 60 heavy (non-hydrogen) atoms. The van der Waals surface area contributed by atoms with Gasteiger partial charge in [-0.05, 0) is 46.5 Å². The second kappa shape index (κ2) is 19.7. The average Bonchev–Trinajstić information content (AvgIpc) is 3.29. The van der Waals surface area contributed by atoms with Crippen molar-refractivity contribution in [3.05, 3.63) is 215 Å². The lowest BCUT2D eigenvalue weighted by Crippen LogP contribution is -2.63. The van der Waals surface area contributed by atoms with E-state index in [0.29, 0.717) is 0 Å². The largest absolute Gasteiger partial charge is 0.453 e. The minimum Gasteiger partial charge on any atom is -0.453 e. The molecular weight excluding hydrogens is 825 g/mol. The number of nitrogens with one attached hydrogen (secondary N) is 1. The Labute approximate surface area is 363 Å². The molecule has 1 heterocycles. The predicted molar refractivity (Wildman–Crippen MR) is 229 cm³/mol. The molecule has 1 saturated heterocycles. The molecule has 306 valence electrons. The Morgan fingerprint density at radius 1 is 0.533 bits per heavy atom. The molecule has 0 aliphatic carbocycles. The van der Waals surface area contributed by atoms with Crippen LogP contribution in [-0.4, -0.2) is 58.9 Å². The van der Waals surface area contributed by atoms with E-state index in [-0.39, 0.29) is 24.3 Å². The first kappa shape index (κ1) is 42.6. The number of carbonyl (C=O) groups excluding carboxylic acids is 2. The molecule has 0 bridgehead atoms. The van der Waals surface area contributed by atoms with Gasteiger partial charge in [-0.2, -0.15) is 0 Å². The van der Waals surface area contributed by atoms with Crippen LogP contribution >= 0.6 is 34.8 Å². The van der Waals surface area contributed by atoms with Crippen LogP contribution in [0.2, 0.25) is 0 Å². The number of benzene rings is 6. The summed E-state index contributed by atoms with van der Waals surface area (Å²) in [6, 6.07) is 55.1. The van der Waals surface area contributed by atoms with Crippen molar-refractivity contribution in [3.8, 4) is 0 Å². The van der Waals surface area contributed by atoms with Crippen molar-refractivity contribution < 1.29 is 38.0 Å². The van der Waals surface area contributed by atoms with E-state index < -0.39 is 57.9 Å². The van der Waals surface area contributed by atoms with E-state index in [0.717, 1.165) is 22.3 Å². The Bertz CT molecular complexity index is 2210. The van der Waals surface area contributed by atoms with Gasteiger partial charge in [-0.15, -0.1) is 0 Å². The monoisotopic (exact) mass is 863 g/mol. The first-order valence-corrected chi connectivity index (χ1v) is 20.2. The smallest absolute Gasteiger partial charge is 0.338 e. The standard InChI is InChI=1S/C48H40Cl3NO8/c49-48(50,51)46(52)60-45-42(59-44(54)35-23-11-3-12-24-35)41(55-31-33-19-7-1-8-20-33)40(58-43(53)34-21-9-2-10-22-34)39(57-45)32-56-47(36-25-13-4-14-26-36,37-27-15-5-16-28-37)38-29-17-6-18-30-38/h1-30,39-42,45,52H,31-32H2/t39-,40-,41+,42-,45-/m1/s1. The number of carbonyl (C=O) groups is 2. The van der Waals surface area contributed by atoms with Gasteiger partial charge in [0.15, 0.2) is 12.2 Å². The lowest BCUT2D eigenvalue weighted by Gasteiger charge is -2.46. The van der Waals surface area contributed by atoms with Crippen molar-refractivity contribution in [3.63, 3.8) is 0 Å². The summed E-state index contributed by atoms with van der Waals surface area (Å²) in [5.41, 5.74) is 2.38. The predicted octanol–water partition coefficient (Wildman–Crippen LogP) is 10.1. The Morgan fingerprint density at radius 3 is 1.37 bits per heavy atom. The Balaban J connectivity index is 1.36. The highest BCUT2D eigenvalue weighted by Crippen LogP contribution is 2.42. The quantitative estimate of drug-likeness (QED) is 0.0379. The summed E-state index contributed by atoms with van der Waals surface area (Å²) < 4.78 is 36.6. The third-order valence-corrected chi connectivity index (χ3v) is 10.4. The van der Waals surface area contributed by atoms with Gasteiger partial charge in [0.1, 0.15) is 17.8 Å². The summed E-state index contributed by atoms with van der Waals surface area (Å²) in [6.45, 7) is -0.286. The Morgan fingerprint density at radius 2 is 0.933 bits per heavy atom. The zero-order valence-corrected chi connectivity index (χ0v) is 34.3. The fraction of sp³-hybridized carbons (Fsp3) is 0.188. The normalized spacial score (nSPS) is 19.1. The maximum Gasteiger partial charge on any atom is 0.338 e. The SMILES string of the molecule is N=C(O[C@H]1O[C@H](COC(c2ccccc2)(c2ccccc2)c2ccccc2)[C@@H](OC(=O)c2ccccc2)[C@H](OCc2ccccc2)[C@H]1OC(=O)c1ccccc1)C(Cl)(Cl)Cl. The molecule has 0 radical (unpaired) electrons. The molecule has 0 amide bonds.